The van der Waals surface area contributed by atoms with E-state index in [0.29, 0.717) is 12.2 Å². The van der Waals surface area contributed by atoms with Crippen LogP contribution in [0, 0.1) is 0 Å². The third kappa shape index (κ3) is 3.62. The van der Waals surface area contributed by atoms with Gasteiger partial charge in [0.1, 0.15) is 4.90 Å². The minimum absolute atomic E-state index is 0.0238. The highest BCUT2D eigenvalue weighted by Gasteiger charge is 2.29. The second kappa shape index (κ2) is 7.24. The van der Waals surface area contributed by atoms with Crippen LogP contribution in [0.25, 0.3) is 0 Å². The van der Waals surface area contributed by atoms with Crippen LogP contribution in [0.15, 0.2) is 17.2 Å². The predicted octanol–water partition coefficient (Wildman–Crippen LogP) is 2.11. The zero-order chi connectivity index (χ0) is 15.3. The molecule has 0 aliphatic heterocycles. The lowest BCUT2D eigenvalue weighted by Gasteiger charge is -2.27. The zero-order valence-electron chi connectivity index (χ0n) is 12.8. The van der Waals surface area contributed by atoms with E-state index in [-0.39, 0.29) is 17.5 Å². The van der Waals surface area contributed by atoms with Crippen LogP contribution in [0.4, 0.5) is 0 Å². The summed E-state index contributed by atoms with van der Waals surface area (Å²) in [6.07, 6.45) is 4.16. The van der Waals surface area contributed by atoms with Gasteiger partial charge in [0.15, 0.2) is 0 Å². The number of nitrogens with zero attached hydrogens (tertiary/aromatic N) is 2. The molecule has 1 aromatic heterocycles. The first kappa shape index (κ1) is 17.2. The first-order valence-corrected chi connectivity index (χ1v) is 8.60. The summed E-state index contributed by atoms with van der Waals surface area (Å²) in [5.41, 5.74) is 0.600. The van der Waals surface area contributed by atoms with E-state index in [2.05, 4.69) is 0 Å². The van der Waals surface area contributed by atoms with Gasteiger partial charge in [0.2, 0.25) is 10.0 Å². The second-order valence-electron chi connectivity index (χ2n) is 5.16. The number of aliphatic hydroxyl groups is 1. The lowest BCUT2D eigenvalue weighted by atomic mass is 10.2. The Kier molecular flexibility index (Phi) is 6.23. The summed E-state index contributed by atoms with van der Waals surface area (Å²) in [5.74, 6) is 0. The summed E-state index contributed by atoms with van der Waals surface area (Å²) in [6.45, 7) is 6.35. The Morgan fingerprint density at radius 2 is 2.05 bits per heavy atom. The molecule has 1 heterocycles. The molecular formula is C14H26N2O3S. The molecule has 5 nitrogen and oxygen atoms in total. The number of aryl methyl sites for hydroxylation is 1. The van der Waals surface area contributed by atoms with Crippen molar-refractivity contribution in [1.29, 1.82) is 0 Å². The number of unbranched alkanes of at least 4 members (excludes halogenated alkanes) is 1. The lowest BCUT2D eigenvalue weighted by Crippen LogP contribution is -2.38. The Labute approximate surface area is 122 Å². The highest BCUT2D eigenvalue weighted by Crippen LogP contribution is 2.22. The van der Waals surface area contributed by atoms with Crippen LogP contribution in [0.5, 0.6) is 0 Å². The average Bonchev–Trinajstić information content (AvgIpc) is 2.80. The van der Waals surface area contributed by atoms with Crippen LogP contribution in [-0.2, 0) is 23.7 Å². The Balaban J connectivity index is 3.14. The zero-order valence-corrected chi connectivity index (χ0v) is 13.7. The Hall–Kier alpha value is -0.850. The van der Waals surface area contributed by atoms with Crippen LogP contribution in [0.1, 0.15) is 45.7 Å². The van der Waals surface area contributed by atoms with Crippen LogP contribution in [0.3, 0.4) is 0 Å². The fraction of sp³-hybridized carbons (Fsp3) is 0.714. The van der Waals surface area contributed by atoms with Gasteiger partial charge in [-0.15, -0.1) is 0 Å². The standard InChI is InChI=1S/C14H26N2O3S/c1-5-7-8-16(12(3)6-2)20(18,19)14-9-13(11-17)15(4)10-14/h9-10,12,17H,5-8,11H2,1-4H3. The molecule has 1 unspecified atom stereocenters. The van der Waals surface area contributed by atoms with E-state index < -0.39 is 10.0 Å². The topological polar surface area (TPSA) is 62.5 Å². The van der Waals surface area contributed by atoms with Gasteiger partial charge in [0.25, 0.3) is 0 Å². The van der Waals surface area contributed by atoms with Crippen LogP contribution >= 0.6 is 0 Å². The number of hydrogen-bond donors (Lipinski definition) is 1. The maximum absolute atomic E-state index is 12.8. The van der Waals surface area contributed by atoms with Gasteiger partial charge in [-0.1, -0.05) is 20.3 Å². The normalized spacial score (nSPS) is 13.9. The van der Waals surface area contributed by atoms with Crippen molar-refractivity contribution < 1.29 is 13.5 Å². The number of aromatic nitrogens is 1. The monoisotopic (exact) mass is 302 g/mol. The maximum Gasteiger partial charge on any atom is 0.244 e. The molecule has 0 aliphatic rings. The van der Waals surface area contributed by atoms with Gasteiger partial charge in [0.05, 0.1) is 6.61 Å². The first-order valence-electron chi connectivity index (χ1n) is 7.16. The quantitative estimate of drug-likeness (QED) is 0.800. The smallest absolute Gasteiger partial charge is 0.244 e. The molecule has 116 valence electrons. The predicted molar refractivity (Wildman–Crippen MR) is 79.9 cm³/mol. The fourth-order valence-corrected chi connectivity index (χ4v) is 3.95. The molecular weight excluding hydrogens is 276 g/mol. The third-order valence-electron chi connectivity index (χ3n) is 3.67. The van der Waals surface area contributed by atoms with Gasteiger partial charge in [-0.3, -0.25) is 0 Å². The minimum Gasteiger partial charge on any atom is -0.390 e. The number of aliphatic hydroxyl groups excluding tert-OH is 1. The van der Waals surface area contributed by atoms with Crippen LogP contribution in [-0.4, -0.2) is 35.0 Å². The van der Waals surface area contributed by atoms with Crippen molar-refractivity contribution in [1.82, 2.24) is 8.87 Å². The van der Waals surface area contributed by atoms with Crippen molar-refractivity contribution in [2.75, 3.05) is 6.54 Å². The van der Waals surface area contributed by atoms with E-state index >= 15 is 0 Å². The summed E-state index contributed by atoms with van der Waals surface area (Å²) in [4.78, 5) is 0.264. The SMILES string of the molecule is CCCCN(C(C)CC)S(=O)(=O)c1cc(CO)n(C)c1. The molecule has 0 aliphatic carbocycles. The molecule has 1 rings (SSSR count). The van der Waals surface area contributed by atoms with Gasteiger partial charge in [0, 0.05) is 31.5 Å². The number of rotatable bonds is 8. The molecule has 0 radical (unpaired) electrons. The molecule has 1 aromatic rings. The second-order valence-corrected chi connectivity index (χ2v) is 7.05. The molecule has 6 heteroatoms. The molecule has 0 aromatic carbocycles. The van der Waals surface area contributed by atoms with Gasteiger partial charge < -0.3 is 9.67 Å². The van der Waals surface area contributed by atoms with Crippen molar-refractivity contribution in [2.45, 2.75) is 57.6 Å². The van der Waals surface area contributed by atoms with E-state index in [1.807, 2.05) is 20.8 Å². The minimum atomic E-state index is -3.50. The van der Waals surface area contributed by atoms with Crippen molar-refractivity contribution in [3.8, 4) is 0 Å². The maximum atomic E-state index is 12.8. The van der Waals surface area contributed by atoms with E-state index in [4.69, 9.17) is 0 Å². The van der Waals surface area contributed by atoms with E-state index in [1.54, 1.807) is 28.2 Å². The van der Waals surface area contributed by atoms with Crippen molar-refractivity contribution in [3.05, 3.63) is 18.0 Å². The van der Waals surface area contributed by atoms with Crippen molar-refractivity contribution in [3.63, 3.8) is 0 Å². The molecule has 0 amide bonds. The summed E-state index contributed by atoms with van der Waals surface area (Å²) >= 11 is 0. The molecule has 0 saturated carbocycles. The molecule has 1 atom stereocenters. The van der Waals surface area contributed by atoms with Crippen LogP contribution < -0.4 is 0 Å². The van der Waals surface area contributed by atoms with Crippen LogP contribution in [0.2, 0.25) is 0 Å². The average molecular weight is 302 g/mol. The molecule has 0 fully saturated rings. The molecule has 0 bridgehead atoms. The number of hydrogen-bond acceptors (Lipinski definition) is 3. The molecule has 0 saturated heterocycles. The summed E-state index contributed by atoms with van der Waals surface area (Å²) < 4.78 is 28.7. The number of sulfonamides is 1. The van der Waals surface area contributed by atoms with E-state index in [0.717, 1.165) is 19.3 Å². The Bertz CT molecular complexity index is 523. The molecule has 0 spiro atoms. The summed E-state index contributed by atoms with van der Waals surface area (Å²) in [7, 11) is -1.75. The lowest BCUT2D eigenvalue weighted by molar-refractivity contribution is 0.272. The molecule has 20 heavy (non-hydrogen) atoms. The van der Waals surface area contributed by atoms with Gasteiger partial charge >= 0.3 is 0 Å². The van der Waals surface area contributed by atoms with Gasteiger partial charge in [-0.05, 0) is 25.8 Å². The Morgan fingerprint density at radius 3 is 2.50 bits per heavy atom. The summed E-state index contributed by atoms with van der Waals surface area (Å²) in [5, 5.41) is 9.20. The van der Waals surface area contributed by atoms with Gasteiger partial charge in [-0.25, -0.2) is 8.42 Å². The Morgan fingerprint density at radius 1 is 1.40 bits per heavy atom. The summed E-state index contributed by atoms with van der Waals surface area (Å²) in [6, 6.07) is 1.53. The first-order chi connectivity index (χ1) is 9.38. The highest BCUT2D eigenvalue weighted by molar-refractivity contribution is 7.89. The van der Waals surface area contributed by atoms with Crippen molar-refractivity contribution in [2.24, 2.45) is 7.05 Å². The highest BCUT2D eigenvalue weighted by atomic mass is 32.2. The largest absolute Gasteiger partial charge is 0.390 e. The van der Waals surface area contributed by atoms with E-state index in [1.165, 1.54) is 0 Å². The van der Waals surface area contributed by atoms with Crippen molar-refractivity contribution >= 4 is 10.0 Å². The molecule has 1 N–H and O–H groups in total. The van der Waals surface area contributed by atoms with E-state index in [9.17, 15) is 13.5 Å². The third-order valence-corrected chi connectivity index (χ3v) is 5.64. The fourth-order valence-electron chi connectivity index (χ4n) is 2.11. The van der Waals surface area contributed by atoms with Gasteiger partial charge in [-0.2, -0.15) is 4.31 Å².